The molecule has 0 unspecified atom stereocenters. The van der Waals surface area contributed by atoms with Crippen molar-refractivity contribution in [3.8, 4) is 0 Å². The monoisotopic (exact) mass is 325 g/mol. The lowest BCUT2D eigenvalue weighted by Crippen LogP contribution is -2.41. The summed E-state index contributed by atoms with van der Waals surface area (Å²) in [6.07, 6.45) is 0.801. The Bertz CT molecular complexity index is 442. The van der Waals surface area contributed by atoms with Crippen molar-refractivity contribution in [3.05, 3.63) is 0 Å². The second-order valence-corrected chi connectivity index (χ2v) is 8.80. The lowest BCUT2D eigenvalue weighted by molar-refractivity contribution is 0.00578. The van der Waals surface area contributed by atoms with E-state index < -0.39 is 5.60 Å². The average molecular weight is 325 g/mol. The van der Waals surface area contributed by atoms with E-state index in [0.717, 1.165) is 6.42 Å². The Hall–Kier alpha value is -0.745. The van der Waals surface area contributed by atoms with Gasteiger partial charge in [-0.2, -0.15) is 0 Å². The van der Waals surface area contributed by atoms with Crippen molar-refractivity contribution in [1.82, 2.24) is 4.90 Å². The van der Waals surface area contributed by atoms with Crippen LogP contribution in [0.5, 0.6) is 0 Å². The molecule has 132 valence electrons. The summed E-state index contributed by atoms with van der Waals surface area (Å²) in [4.78, 5) is 14.0. The van der Waals surface area contributed by atoms with Crippen molar-refractivity contribution in [1.29, 1.82) is 0 Å². The summed E-state index contributed by atoms with van der Waals surface area (Å²) in [5.41, 5.74) is -1.04. The van der Waals surface area contributed by atoms with Crippen LogP contribution in [0, 0.1) is 5.92 Å². The molecule has 0 radical (unpaired) electrons. The Kier molecular flexibility index (Phi) is 4.82. The number of ether oxygens (including phenoxy) is 1. The Morgan fingerprint density at radius 2 is 1.74 bits per heavy atom. The molecule has 0 aromatic carbocycles. The van der Waals surface area contributed by atoms with Crippen LogP contribution in [0.25, 0.3) is 0 Å². The standard InChI is InChI=1S/C17H32BNO4/c1-9-19(14(20)21-15(2,3)4)11-12-10-13(12)18-22-16(5,6)17(7,8)23-18/h12-13H,9-11H2,1-8H3/t12-,13+/m1/s1. The summed E-state index contributed by atoms with van der Waals surface area (Å²) in [5, 5.41) is 0. The Labute approximate surface area is 141 Å². The van der Waals surface area contributed by atoms with E-state index in [0.29, 0.717) is 24.8 Å². The maximum Gasteiger partial charge on any atom is 0.461 e. The molecule has 0 spiro atoms. The molecule has 1 amide bonds. The molecule has 1 saturated carbocycles. The van der Waals surface area contributed by atoms with Crippen LogP contribution in [-0.4, -0.2) is 48.0 Å². The summed E-state index contributed by atoms with van der Waals surface area (Å²) in [7, 11) is -0.164. The second kappa shape index (κ2) is 5.96. The van der Waals surface area contributed by atoms with E-state index in [2.05, 4.69) is 27.7 Å². The fraction of sp³-hybridized carbons (Fsp3) is 0.941. The summed E-state index contributed by atoms with van der Waals surface area (Å²) in [5.74, 6) is 0.796. The van der Waals surface area contributed by atoms with Gasteiger partial charge in [-0.05, 0) is 73.5 Å². The Morgan fingerprint density at radius 3 is 2.17 bits per heavy atom. The van der Waals surface area contributed by atoms with Crippen LogP contribution < -0.4 is 0 Å². The van der Waals surface area contributed by atoms with Gasteiger partial charge in [0.15, 0.2) is 0 Å². The minimum atomic E-state index is -0.459. The molecule has 2 rings (SSSR count). The number of carbonyl (C=O) groups is 1. The lowest BCUT2D eigenvalue weighted by atomic mass is 9.80. The van der Waals surface area contributed by atoms with Crippen LogP contribution in [-0.2, 0) is 14.0 Å². The highest BCUT2D eigenvalue weighted by atomic mass is 16.7. The third-order valence-corrected chi connectivity index (χ3v) is 5.09. The molecule has 0 N–H and O–H groups in total. The van der Waals surface area contributed by atoms with Crippen LogP contribution in [0.3, 0.4) is 0 Å². The highest BCUT2D eigenvalue weighted by molar-refractivity contribution is 6.48. The molecular weight excluding hydrogens is 293 g/mol. The fourth-order valence-electron chi connectivity index (χ4n) is 2.82. The van der Waals surface area contributed by atoms with Crippen LogP contribution in [0.15, 0.2) is 0 Å². The first kappa shape index (κ1) is 18.6. The Morgan fingerprint density at radius 1 is 1.22 bits per heavy atom. The predicted octanol–water partition coefficient (Wildman–Crippen LogP) is 3.73. The highest BCUT2D eigenvalue weighted by Crippen LogP contribution is 2.53. The predicted molar refractivity (Wildman–Crippen MR) is 91.4 cm³/mol. The van der Waals surface area contributed by atoms with Crippen LogP contribution >= 0.6 is 0 Å². The summed E-state index contributed by atoms with van der Waals surface area (Å²) >= 11 is 0. The molecular formula is C17H32BNO4. The van der Waals surface area contributed by atoms with E-state index in [1.54, 1.807) is 4.90 Å². The molecule has 6 heteroatoms. The first-order chi connectivity index (χ1) is 10.4. The lowest BCUT2D eigenvalue weighted by Gasteiger charge is -2.32. The minimum absolute atomic E-state index is 0.164. The van der Waals surface area contributed by atoms with Gasteiger partial charge in [0.25, 0.3) is 0 Å². The van der Waals surface area contributed by atoms with Crippen LogP contribution in [0.1, 0.15) is 61.8 Å². The van der Waals surface area contributed by atoms with Gasteiger partial charge < -0.3 is 18.9 Å². The molecule has 1 aliphatic carbocycles. The van der Waals surface area contributed by atoms with Gasteiger partial charge in [-0.15, -0.1) is 0 Å². The third-order valence-electron chi connectivity index (χ3n) is 5.09. The van der Waals surface area contributed by atoms with E-state index in [1.165, 1.54) is 0 Å². The SMILES string of the molecule is CCN(C[C@H]1C[C@@H]1B1OC(C)(C)C(C)(C)O1)C(=O)OC(C)(C)C. The molecule has 2 atom stereocenters. The zero-order valence-electron chi connectivity index (χ0n) is 15.9. The fourth-order valence-corrected chi connectivity index (χ4v) is 2.82. The smallest absolute Gasteiger partial charge is 0.444 e. The number of hydrogen-bond acceptors (Lipinski definition) is 4. The van der Waals surface area contributed by atoms with E-state index in [1.807, 2.05) is 27.7 Å². The first-order valence-corrected chi connectivity index (χ1v) is 8.70. The van der Waals surface area contributed by atoms with Gasteiger partial charge >= 0.3 is 13.2 Å². The number of nitrogens with zero attached hydrogens (tertiary/aromatic N) is 1. The van der Waals surface area contributed by atoms with Crippen LogP contribution in [0.2, 0.25) is 5.82 Å². The van der Waals surface area contributed by atoms with Gasteiger partial charge in [0.2, 0.25) is 0 Å². The van der Waals surface area contributed by atoms with Gasteiger partial charge in [-0.25, -0.2) is 4.79 Å². The van der Waals surface area contributed by atoms with Crippen molar-refractivity contribution in [2.24, 2.45) is 5.92 Å². The van der Waals surface area contributed by atoms with E-state index in [4.69, 9.17) is 14.0 Å². The number of hydrogen-bond donors (Lipinski definition) is 0. The van der Waals surface area contributed by atoms with Gasteiger partial charge in [-0.1, -0.05) is 0 Å². The third kappa shape index (κ3) is 4.21. The normalized spacial score (nSPS) is 28.6. The molecule has 23 heavy (non-hydrogen) atoms. The quantitative estimate of drug-likeness (QED) is 0.739. The molecule has 1 saturated heterocycles. The van der Waals surface area contributed by atoms with Crippen molar-refractivity contribution >= 4 is 13.2 Å². The molecule has 0 bridgehead atoms. The zero-order chi connectivity index (χ0) is 17.6. The van der Waals surface area contributed by atoms with Crippen molar-refractivity contribution in [2.75, 3.05) is 13.1 Å². The molecule has 5 nitrogen and oxygen atoms in total. The van der Waals surface area contributed by atoms with Crippen molar-refractivity contribution < 1.29 is 18.8 Å². The number of carbonyl (C=O) groups excluding carboxylic acids is 1. The maximum atomic E-state index is 12.2. The molecule has 2 aliphatic rings. The van der Waals surface area contributed by atoms with E-state index in [-0.39, 0.29) is 24.4 Å². The van der Waals surface area contributed by atoms with Crippen LogP contribution in [0.4, 0.5) is 4.79 Å². The van der Waals surface area contributed by atoms with Gasteiger partial charge in [0.1, 0.15) is 5.60 Å². The summed E-state index contributed by atoms with van der Waals surface area (Å²) in [6.45, 7) is 17.3. The van der Waals surface area contributed by atoms with E-state index >= 15 is 0 Å². The molecule has 1 aliphatic heterocycles. The molecule has 0 aromatic rings. The van der Waals surface area contributed by atoms with Crippen molar-refractivity contribution in [3.63, 3.8) is 0 Å². The Balaban J connectivity index is 1.88. The van der Waals surface area contributed by atoms with E-state index in [9.17, 15) is 4.79 Å². The topological polar surface area (TPSA) is 48.0 Å². The number of rotatable bonds is 4. The highest BCUT2D eigenvalue weighted by Gasteiger charge is 2.59. The summed E-state index contributed by atoms with van der Waals surface area (Å²) in [6, 6.07) is 0. The van der Waals surface area contributed by atoms with Crippen molar-refractivity contribution in [2.45, 2.75) is 84.4 Å². The maximum absolute atomic E-state index is 12.2. The van der Waals surface area contributed by atoms with Gasteiger partial charge in [-0.3, -0.25) is 0 Å². The van der Waals surface area contributed by atoms with Gasteiger partial charge in [0.05, 0.1) is 11.2 Å². The first-order valence-electron chi connectivity index (χ1n) is 8.70. The molecule has 0 aromatic heterocycles. The molecule has 2 fully saturated rings. The largest absolute Gasteiger partial charge is 0.461 e. The minimum Gasteiger partial charge on any atom is -0.444 e. The number of amides is 1. The average Bonchev–Trinajstić information content (AvgIpc) is 3.06. The summed E-state index contributed by atoms with van der Waals surface area (Å²) < 4.78 is 17.7. The second-order valence-electron chi connectivity index (χ2n) is 8.80. The van der Waals surface area contributed by atoms with Gasteiger partial charge in [0, 0.05) is 13.1 Å². The zero-order valence-corrected chi connectivity index (χ0v) is 15.9. The molecule has 1 heterocycles.